The number of nitrogens with zero attached hydrogens (tertiary/aromatic N) is 1. The van der Waals surface area contributed by atoms with Gasteiger partial charge in [0.2, 0.25) is 0 Å². The first-order chi connectivity index (χ1) is 4.61. The van der Waals surface area contributed by atoms with Crippen molar-refractivity contribution in [1.82, 2.24) is 0 Å². The van der Waals surface area contributed by atoms with E-state index in [1.165, 1.54) is 4.58 Å². The summed E-state index contributed by atoms with van der Waals surface area (Å²) in [7, 11) is 0. The predicted octanol–water partition coefficient (Wildman–Crippen LogP) is -0.270. The molecule has 0 aromatic heterocycles. The summed E-state index contributed by atoms with van der Waals surface area (Å²) < 4.78 is 27.3. The maximum Gasteiger partial charge on any atom is 0.165 e. The third-order valence-electron chi connectivity index (χ3n) is 0.889. The Balaban J connectivity index is 2.62. The Kier molecular flexibility index (Phi) is 0.671. The third kappa shape index (κ3) is 1.27. The molecule has 7 heavy (non-hydrogen) atoms. The van der Waals surface area contributed by atoms with Gasteiger partial charge in [0.05, 0.1) is 4.11 Å². The smallest absolute Gasteiger partial charge is 0.165 e. The van der Waals surface area contributed by atoms with E-state index in [2.05, 4.69) is 0 Å². The van der Waals surface area contributed by atoms with Gasteiger partial charge in [0, 0.05) is 0 Å². The minimum Gasteiger partial charge on any atom is -0.365 e. The minimum atomic E-state index is -1.98. The molecule has 0 spiro atoms. The highest BCUT2D eigenvalue weighted by Gasteiger charge is 2.00. The maximum absolute atomic E-state index is 7.00. The molecular formula is C5H10NO+. The quantitative estimate of drug-likeness (QED) is 0.384. The van der Waals surface area contributed by atoms with E-state index in [0.717, 1.165) is 0 Å². The van der Waals surface area contributed by atoms with E-state index < -0.39 is 6.98 Å². The van der Waals surface area contributed by atoms with E-state index in [4.69, 9.17) is 8.85 Å². The Hall–Kier alpha value is -0.370. The van der Waals surface area contributed by atoms with Gasteiger partial charge in [-0.15, -0.1) is 0 Å². The Morgan fingerprint density at radius 2 is 3.00 bits per heavy atom. The molecule has 0 aromatic carbocycles. The molecule has 1 heterocycles. The Morgan fingerprint density at radius 3 is 3.43 bits per heavy atom. The molecular weight excluding hydrogens is 90.1 g/mol. The van der Waals surface area contributed by atoms with Gasteiger partial charge in [-0.1, -0.05) is 0 Å². The summed E-state index contributed by atoms with van der Waals surface area (Å²) in [5, 5.41) is 0. The van der Waals surface area contributed by atoms with Crippen LogP contribution in [0, 0.1) is 0 Å². The summed E-state index contributed by atoms with van der Waals surface area (Å²) in [6.45, 7) is -0.590. The monoisotopic (exact) mass is 103 g/mol. The van der Waals surface area contributed by atoms with E-state index in [0.29, 0.717) is 19.8 Å². The van der Waals surface area contributed by atoms with Gasteiger partial charge in [0.25, 0.3) is 0 Å². The lowest BCUT2D eigenvalue weighted by atomic mass is 10.6. The van der Waals surface area contributed by atoms with E-state index in [-0.39, 0.29) is 0 Å². The van der Waals surface area contributed by atoms with Crippen molar-refractivity contribution in [3.05, 3.63) is 0 Å². The van der Waals surface area contributed by atoms with Crippen molar-refractivity contribution in [2.24, 2.45) is 0 Å². The van der Waals surface area contributed by atoms with Crippen molar-refractivity contribution in [2.45, 2.75) is 0 Å². The summed E-state index contributed by atoms with van der Waals surface area (Å²) in [6.07, 6.45) is 1.57. The average molecular weight is 103 g/mol. The molecule has 0 N–H and O–H groups in total. The van der Waals surface area contributed by atoms with Crippen LogP contribution < -0.4 is 0 Å². The van der Waals surface area contributed by atoms with Crippen LogP contribution in [0.5, 0.6) is 0 Å². The van der Waals surface area contributed by atoms with E-state index >= 15 is 0 Å². The van der Waals surface area contributed by atoms with Crippen LogP contribution in [0.15, 0.2) is 0 Å². The van der Waals surface area contributed by atoms with Crippen LogP contribution in [-0.2, 0) is 4.74 Å². The van der Waals surface area contributed by atoms with Gasteiger partial charge in [-0.25, -0.2) is 4.58 Å². The Morgan fingerprint density at radius 1 is 2.00 bits per heavy atom. The number of ether oxygens (including phenoxy) is 1. The fourth-order valence-corrected chi connectivity index (χ4v) is 0.480. The van der Waals surface area contributed by atoms with Gasteiger partial charge in [0.15, 0.2) is 12.8 Å². The number of hydrogen-bond acceptors (Lipinski definition) is 1. The van der Waals surface area contributed by atoms with Crippen LogP contribution in [0.3, 0.4) is 0 Å². The first-order valence-electron chi connectivity index (χ1n) is 3.78. The van der Waals surface area contributed by atoms with Crippen LogP contribution in [0.25, 0.3) is 0 Å². The highest BCUT2D eigenvalue weighted by atomic mass is 16.5. The van der Waals surface area contributed by atoms with Gasteiger partial charge < -0.3 is 4.74 Å². The first kappa shape index (κ1) is 2.27. The lowest BCUT2D eigenvalue weighted by Crippen LogP contribution is -2.22. The molecule has 1 aliphatic heterocycles. The highest BCUT2D eigenvalue weighted by molar-refractivity contribution is 5.52. The molecule has 2 heteroatoms. The second kappa shape index (κ2) is 2.07. The fourth-order valence-electron chi connectivity index (χ4n) is 0.480. The third-order valence-corrected chi connectivity index (χ3v) is 0.889. The maximum atomic E-state index is 7.00. The number of hydrogen-bond donors (Lipinski definition) is 0. The van der Waals surface area contributed by atoms with Crippen LogP contribution in [0.2, 0.25) is 0 Å². The zero-order valence-corrected chi connectivity index (χ0v) is 4.05. The molecule has 0 saturated heterocycles. The molecule has 0 aromatic rings. The minimum absolute atomic E-state index is 0.415. The normalized spacial score (nSPS) is 29.7. The molecule has 0 atom stereocenters. The van der Waals surface area contributed by atoms with Gasteiger partial charge in [0.1, 0.15) is 20.2 Å². The van der Waals surface area contributed by atoms with Crippen molar-refractivity contribution in [1.29, 1.82) is 0 Å². The molecule has 0 saturated carbocycles. The summed E-state index contributed by atoms with van der Waals surface area (Å²) in [5.41, 5.74) is 0. The number of rotatable bonds is 0. The average Bonchev–Trinajstić information content (AvgIpc) is 1.88. The van der Waals surface area contributed by atoms with E-state index in [9.17, 15) is 0 Å². The van der Waals surface area contributed by atoms with E-state index in [1.807, 2.05) is 0 Å². The zero-order valence-electron chi connectivity index (χ0n) is 7.05. The lowest BCUT2D eigenvalue weighted by molar-refractivity contribution is -0.504. The van der Waals surface area contributed by atoms with Crippen molar-refractivity contribution < 1.29 is 13.4 Å². The Bertz CT molecular complexity index is 151. The van der Waals surface area contributed by atoms with Crippen molar-refractivity contribution in [3.63, 3.8) is 0 Å². The molecule has 1 aliphatic rings. The van der Waals surface area contributed by atoms with Crippen molar-refractivity contribution in [3.8, 4) is 0 Å². The van der Waals surface area contributed by atoms with Crippen LogP contribution >= 0.6 is 0 Å². The first-order valence-corrected chi connectivity index (χ1v) is 2.28. The summed E-state index contributed by atoms with van der Waals surface area (Å²) in [5.74, 6) is 0. The standard InChI is InChI=1S/C5H10NO/c1-6-2-4-7-5-3-6/h2H,3-5H2,1H3/q+1/i1D3. The predicted molar refractivity (Wildman–Crippen MR) is 27.9 cm³/mol. The van der Waals surface area contributed by atoms with Crippen LogP contribution in [-0.4, -0.2) is 37.5 Å². The second-order valence-corrected chi connectivity index (χ2v) is 1.45. The molecule has 0 fully saturated rings. The summed E-state index contributed by atoms with van der Waals surface area (Å²) in [6, 6.07) is 0. The molecule has 0 bridgehead atoms. The van der Waals surface area contributed by atoms with Gasteiger partial charge in [-0.2, -0.15) is 0 Å². The Labute approximate surface area is 47.6 Å². The van der Waals surface area contributed by atoms with Gasteiger partial charge >= 0.3 is 0 Å². The SMILES string of the molecule is [2H]C([2H])([2H])[N+]1=CCOCC1. The zero-order chi connectivity index (χ0) is 7.61. The largest absolute Gasteiger partial charge is 0.365 e. The highest BCUT2D eigenvalue weighted by Crippen LogP contribution is 1.79. The van der Waals surface area contributed by atoms with Gasteiger partial charge in [-0.3, -0.25) is 0 Å². The van der Waals surface area contributed by atoms with Crippen molar-refractivity contribution >= 4 is 6.21 Å². The van der Waals surface area contributed by atoms with Crippen molar-refractivity contribution in [2.75, 3.05) is 26.7 Å². The summed E-state index contributed by atoms with van der Waals surface area (Å²) in [4.78, 5) is 0. The van der Waals surface area contributed by atoms with Crippen LogP contribution in [0.4, 0.5) is 0 Å². The molecule has 2 nitrogen and oxygen atoms in total. The lowest BCUT2D eigenvalue weighted by Gasteiger charge is -2.02. The van der Waals surface area contributed by atoms with Gasteiger partial charge in [-0.05, 0) is 0 Å². The fraction of sp³-hybridized carbons (Fsp3) is 0.800. The van der Waals surface area contributed by atoms with Crippen LogP contribution in [0.1, 0.15) is 4.11 Å². The topological polar surface area (TPSA) is 12.2 Å². The number of likely N-dealkylation sites (N-methyl/N-ethyl adjacent to an activating group) is 1. The van der Waals surface area contributed by atoms with E-state index in [1.54, 1.807) is 6.21 Å². The molecule has 0 radical (unpaired) electrons. The molecule has 1 rings (SSSR count). The summed E-state index contributed by atoms with van der Waals surface area (Å²) >= 11 is 0. The molecule has 0 amide bonds. The molecule has 40 valence electrons. The molecule has 0 unspecified atom stereocenters. The molecule has 0 aliphatic carbocycles. The second-order valence-electron chi connectivity index (χ2n) is 1.45.